The molecule has 0 radical (unpaired) electrons. The van der Waals surface area contributed by atoms with Crippen molar-refractivity contribution in [3.63, 3.8) is 0 Å². The summed E-state index contributed by atoms with van der Waals surface area (Å²) in [6.07, 6.45) is 6.07. The third kappa shape index (κ3) is 6.06. The van der Waals surface area contributed by atoms with E-state index in [0.29, 0.717) is 27.1 Å². The molecule has 234 valence electrons. The predicted molar refractivity (Wildman–Crippen MR) is 194 cm³/mol. The number of hydrogen-bond acceptors (Lipinski definition) is 6. The summed E-state index contributed by atoms with van der Waals surface area (Å²) < 4.78 is 11.1. The number of aromatic nitrogens is 2. The van der Waals surface area contributed by atoms with Crippen molar-refractivity contribution >= 4 is 67.7 Å². The van der Waals surface area contributed by atoms with Crippen molar-refractivity contribution in [3.8, 4) is 0 Å². The zero-order valence-electron chi connectivity index (χ0n) is 25.7. The first-order valence-electron chi connectivity index (χ1n) is 15.2. The molecule has 7 rings (SSSR count). The average molecular weight is 721 g/mol. The molecule has 6 nitrogen and oxygen atoms in total. The number of halogens is 1. The fourth-order valence-corrected chi connectivity index (χ4v) is 7.66. The Morgan fingerprint density at radius 2 is 1.70 bits per heavy atom. The molecule has 0 amide bonds. The van der Waals surface area contributed by atoms with Crippen molar-refractivity contribution in [2.45, 2.75) is 24.4 Å². The first-order valence-corrected chi connectivity index (χ1v) is 18.0. The lowest BCUT2D eigenvalue weighted by Crippen LogP contribution is -2.40. The lowest BCUT2D eigenvalue weighted by Gasteiger charge is -2.26. The number of carbonyl (C=O) groups excluding carboxylic acids is 1. The Labute approximate surface area is 288 Å². The molecule has 0 aliphatic carbocycles. The van der Waals surface area contributed by atoms with Crippen LogP contribution in [0, 0.1) is 0 Å². The molecule has 3 heterocycles. The molecule has 0 spiro atoms. The normalized spacial score (nSPS) is 14.7. The maximum absolute atomic E-state index is 14.5. The molecule has 1 aliphatic rings. The number of esters is 1. The Balaban J connectivity index is 1.44. The number of rotatable bonds is 8. The number of ether oxygens (including phenoxy) is 1. The van der Waals surface area contributed by atoms with Gasteiger partial charge < -0.3 is 9.30 Å². The van der Waals surface area contributed by atoms with E-state index in [1.165, 1.54) is 16.9 Å². The first-order chi connectivity index (χ1) is 22.9. The number of carbonyl (C=O) groups is 1. The monoisotopic (exact) mass is 719 g/mol. The molecule has 4 aromatic carbocycles. The van der Waals surface area contributed by atoms with Gasteiger partial charge in [-0.05, 0) is 60.7 Å². The number of fused-ring (bicyclic) bond motifs is 2. The average Bonchev–Trinajstić information content (AvgIpc) is 3.61. The molecule has 0 bridgehead atoms. The molecular weight excluding hydrogens is 690 g/mol. The summed E-state index contributed by atoms with van der Waals surface area (Å²) in [5.74, 6) is -0.487. The van der Waals surface area contributed by atoms with Crippen LogP contribution in [0.25, 0.3) is 22.7 Å². The highest BCUT2D eigenvalue weighted by molar-refractivity contribution is 9.10. The van der Waals surface area contributed by atoms with Gasteiger partial charge in [0.05, 0.1) is 28.5 Å². The topological polar surface area (TPSA) is 65.6 Å². The van der Waals surface area contributed by atoms with Gasteiger partial charge in [0.1, 0.15) is 0 Å². The number of nitrogens with zero attached hydrogens (tertiary/aromatic N) is 3. The lowest BCUT2D eigenvalue weighted by molar-refractivity contribution is -0.138. The van der Waals surface area contributed by atoms with Crippen molar-refractivity contribution in [2.75, 3.05) is 12.9 Å². The molecule has 2 aromatic heterocycles. The molecule has 9 heteroatoms. The van der Waals surface area contributed by atoms with Gasteiger partial charge in [0.2, 0.25) is 0 Å². The predicted octanol–water partition coefficient (Wildman–Crippen LogP) is 7.42. The van der Waals surface area contributed by atoms with Crippen molar-refractivity contribution in [3.05, 3.63) is 161 Å². The summed E-state index contributed by atoms with van der Waals surface area (Å²) in [6, 6.07) is 33.4. The van der Waals surface area contributed by atoms with Gasteiger partial charge in [0.15, 0.2) is 4.80 Å². The minimum atomic E-state index is -0.711. The quantitative estimate of drug-likeness (QED) is 0.121. The Morgan fingerprint density at radius 3 is 2.43 bits per heavy atom. The highest BCUT2D eigenvalue weighted by Gasteiger charge is 2.35. The van der Waals surface area contributed by atoms with Crippen LogP contribution in [0.15, 0.2) is 134 Å². The zero-order valence-corrected chi connectivity index (χ0v) is 28.9. The number of para-hydroxylation sites is 1. The molecule has 0 saturated carbocycles. The largest absolute Gasteiger partial charge is 0.463 e. The molecule has 0 fully saturated rings. The van der Waals surface area contributed by atoms with Crippen LogP contribution in [0.4, 0.5) is 0 Å². The highest BCUT2D eigenvalue weighted by atomic mass is 79.9. The Bertz CT molecular complexity index is 2320. The molecule has 1 aliphatic heterocycles. The van der Waals surface area contributed by atoms with Crippen molar-refractivity contribution in [2.24, 2.45) is 4.99 Å². The molecule has 0 N–H and O–H groups in total. The Kier molecular flexibility index (Phi) is 8.86. The number of benzene rings is 4. The van der Waals surface area contributed by atoms with Crippen molar-refractivity contribution in [1.29, 1.82) is 0 Å². The maximum Gasteiger partial charge on any atom is 0.338 e. The van der Waals surface area contributed by atoms with Gasteiger partial charge in [-0.15, -0.1) is 11.8 Å². The van der Waals surface area contributed by atoms with Gasteiger partial charge in [-0.25, -0.2) is 9.79 Å². The minimum Gasteiger partial charge on any atom is -0.463 e. The standard InChI is InChI=1S/C38H30BrN3O3S2/c1-3-45-37(44)33-34(25-9-5-4-6-10-25)40-38-42(35(33)26-15-19-29(46-2)20-16-26)36(43)32(47-38)21-27-23-41(31-12-8-7-11-30(27)31)22-24-13-17-28(39)18-14-24/h4-21,23,35H,3,22H2,1-2H3/b32-21-/t35-/m0/s1. The SMILES string of the molecule is CCOC(=O)C1=C(c2ccccc2)N=c2s/c(=C\c3cn(Cc4ccc(Br)cc4)c4ccccc34)c(=O)n2[C@H]1c1ccc(SC)cc1. The van der Waals surface area contributed by atoms with Crippen molar-refractivity contribution in [1.82, 2.24) is 9.13 Å². The van der Waals surface area contributed by atoms with Gasteiger partial charge in [-0.2, -0.15) is 0 Å². The van der Waals surface area contributed by atoms with Crippen LogP contribution in [-0.2, 0) is 16.1 Å². The summed E-state index contributed by atoms with van der Waals surface area (Å²) in [5, 5.41) is 1.05. The lowest BCUT2D eigenvalue weighted by atomic mass is 9.93. The van der Waals surface area contributed by atoms with E-state index in [1.807, 2.05) is 91.2 Å². The summed E-state index contributed by atoms with van der Waals surface area (Å²) in [6.45, 7) is 2.68. The number of thiazole rings is 1. The smallest absolute Gasteiger partial charge is 0.338 e. The molecular formula is C38H30BrN3O3S2. The second-order valence-corrected chi connectivity index (χ2v) is 13.9. The molecule has 0 unspecified atom stereocenters. The second-order valence-electron chi connectivity index (χ2n) is 11.1. The molecule has 0 saturated heterocycles. The van der Waals surface area contributed by atoms with Crippen LogP contribution in [-0.4, -0.2) is 28.0 Å². The van der Waals surface area contributed by atoms with E-state index in [0.717, 1.165) is 37.0 Å². The van der Waals surface area contributed by atoms with Crippen LogP contribution < -0.4 is 14.9 Å². The summed E-state index contributed by atoms with van der Waals surface area (Å²) >= 11 is 6.50. The van der Waals surface area contributed by atoms with Crippen LogP contribution >= 0.6 is 39.0 Å². The van der Waals surface area contributed by atoms with Crippen LogP contribution in [0.5, 0.6) is 0 Å². The van der Waals surface area contributed by atoms with Gasteiger partial charge >= 0.3 is 5.97 Å². The van der Waals surface area contributed by atoms with E-state index in [9.17, 15) is 9.59 Å². The third-order valence-corrected chi connectivity index (χ3v) is 10.4. The molecule has 47 heavy (non-hydrogen) atoms. The van der Waals surface area contributed by atoms with Crippen LogP contribution in [0.1, 0.15) is 35.2 Å². The number of thioether (sulfide) groups is 1. The Morgan fingerprint density at radius 1 is 0.979 bits per heavy atom. The van der Waals surface area contributed by atoms with Crippen molar-refractivity contribution < 1.29 is 9.53 Å². The molecule has 1 atom stereocenters. The third-order valence-electron chi connectivity index (χ3n) is 8.18. The van der Waals surface area contributed by atoms with Crippen LogP contribution in [0.3, 0.4) is 0 Å². The van der Waals surface area contributed by atoms with E-state index in [4.69, 9.17) is 9.73 Å². The van der Waals surface area contributed by atoms with E-state index in [2.05, 4.69) is 51.0 Å². The van der Waals surface area contributed by atoms with Gasteiger partial charge in [-0.1, -0.05) is 100 Å². The van der Waals surface area contributed by atoms with E-state index < -0.39 is 12.0 Å². The first kappa shape index (κ1) is 31.2. The highest BCUT2D eigenvalue weighted by Crippen LogP contribution is 2.36. The van der Waals surface area contributed by atoms with Crippen LogP contribution in [0.2, 0.25) is 0 Å². The molecule has 6 aromatic rings. The van der Waals surface area contributed by atoms with Gasteiger partial charge in [0.25, 0.3) is 5.56 Å². The second kappa shape index (κ2) is 13.4. The van der Waals surface area contributed by atoms with Gasteiger partial charge in [0, 0.05) is 44.1 Å². The van der Waals surface area contributed by atoms with Gasteiger partial charge in [-0.3, -0.25) is 9.36 Å². The fraction of sp³-hybridized carbons (Fsp3) is 0.132. The fourth-order valence-electron chi connectivity index (χ4n) is 5.99. The summed E-state index contributed by atoms with van der Waals surface area (Å²) in [4.78, 5) is 34.8. The Hall–Kier alpha value is -4.44. The summed E-state index contributed by atoms with van der Waals surface area (Å²) in [5.41, 5.74) is 5.46. The number of hydrogen-bond donors (Lipinski definition) is 0. The van der Waals surface area contributed by atoms with E-state index in [1.54, 1.807) is 23.3 Å². The zero-order chi connectivity index (χ0) is 32.5. The summed E-state index contributed by atoms with van der Waals surface area (Å²) in [7, 11) is 0. The van der Waals surface area contributed by atoms with E-state index >= 15 is 0 Å². The van der Waals surface area contributed by atoms with E-state index in [-0.39, 0.29) is 12.2 Å². The maximum atomic E-state index is 14.5. The minimum absolute atomic E-state index is 0.202.